The summed E-state index contributed by atoms with van der Waals surface area (Å²) in [5.74, 6) is 1.27. The van der Waals surface area contributed by atoms with Crippen molar-refractivity contribution in [3.05, 3.63) is 29.8 Å². The van der Waals surface area contributed by atoms with Crippen LogP contribution in [0.25, 0.3) is 0 Å². The number of hydrogen-bond donors (Lipinski definition) is 0. The lowest BCUT2D eigenvalue weighted by Gasteiger charge is -2.01. The first-order valence-corrected chi connectivity index (χ1v) is 6.51. The lowest BCUT2D eigenvalue weighted by molar-refractivity contribution is 0.706. The Balaban J connectivity index is 2.15. The molecule has 0 saturated heterocycles. The molecular weight excluding hydrogens is 188 g/mol. The average molecular weight is 208 g/mol. The maximum absolute atomic E-state index is 2.26. The van der Waals surface area contributed by atoms with E-state index in [1.165, 1.54) is 41.9 Å². The van der Waals surface area contributed by atoms with Gasteiger partial charge >= 0.3 is 0 Å². The molecule has 0 nitrogen and oxygen atoms in total. The van der Waals surface area contributed by atoms with E-state index in [1.54, 1.807) is 0 Å². The van der Waals surface area contributed by atoms with E-state index >= 15 is 0 Å². The van der Waals surface area contributed by atoms with E-state index in [2.05, 4.69) is 38.1 Å². The molecule has 78 valence electrons. The van der Waals surface area contributed by atoms with Gasteiger partial charge in [-0.15, -0.1) is 11.8 Å². The van der Waals surface area contributed by atoms with E-state index < -0.39 is 0 Å². The minimum absolute atomic E-state index is 1.27. The lowest BCUT2D eigenvalue weighted by atomic mass is 10.2. The van der Waals surface area contributed by atoms with Gasteiger partial charge in [-0.1, -0.05) is 43.9 Å². The van der Waals surface area contributed by atoms with Crippen LogP contribution in [0.2, 0.25) is 0 Å². The smallest absolute Gasteiger partial charge is 0.00721 e. The van der Waals surface area contributed by atoms with Crippen LogP contribution in [0.4, 0.5) is 0 Å². The number of rotatable bonds is 6. The van der Waals surface area contributed by atoms with Crippen LogP contribution >= 0.6 is 11.8 Å². The Hall–Kier alpha value is -0.430. The van der Waals surface area contributed by atoms with E-state index in [-0.39, 0.29) is 0 Å². The highest BCUT2D eigenvalue weighted by molar-refractivity contribution is 7.99. The zero-order valence-corrected chi connectivity index (χ0v) is 10.1. The second kappa shape index (κ2) is 6.94. The third-order valence-corrected chi connectivity index (χ3v) is 3.39. The van der Waals surface area contributed by atoms with Gasteiger partial charge in [0.15, 0.2) is 0 Å². The third kappa shape index (κ3) is 4.71. The van der Waals surface area contributed by atoms with Gasteiger partial charge in [0.1, 0.15) is 0 Å². The van der Waals surface area contributed by atoms with Crippen LogP contribution in [-0.2, 0) is 0 Å². The van der Waals surface area contributed by atoms with Crippen molar-refractivity contribution in [1.29, 1.82) is 0 Å². The largest absolute Gasteiger partial charge is 0.126 e. The quantitative estimate of drug-likeness (QED) is 0.483. The SMILES string of the molecule is CCCCCCSc1ccc(C)cc1. The van der Waals surface area contributed by atoms with E-state index in [0.29, 0.717) is 0 Å². The van der Waals surface area contributed by atoms with Crippen molar-refractivity contribution in [2.75, 3.05) is 5.75 Å². The van der Waals surface area contributed by atoms with E-state index in [0.717, 1.165) is 0 Å². The van der Waals surface area contributed by atoms with Crippen molar-refractivity contribution in [3.63, 3.8) is 0 Å². The highest BCUT2D eigenvalue weighted by Crippen LogP contribution is 2.19. The summed E-state index contributed by atoms with van der Waals surface area (Å²) in [5, 5.41) is 0. The molecule has 0 heterocycles. The van der Waals surface area contributed by atoms with Crippen molar-refractivity contribution in [2.45, 2.75) is 44.4 Å². The molecule has 0 spiro atoms. The van der Waals surface area contributed by atoms with Gasteiger partial charge in [-0.25, -0.2) is 0 Å². The van der Waals surface area contributed by atoms with Crippen molar-refractivity contribution >= 4 is 11.8 Å². The molecule has 0 saturated carbocycles. The Morgan fingerprint density at radius 2 is 1.71 bits per heavy atom. The van der Waals surface area contributed by atoms with Gasteiger partial charge in [0.25, 0.3) is 0 Å². The number of thioether (sulfide) groups is 1. The zero-order chi connectivity index (χ0) is 10.2. The Morgan fingerprint density at radius 1 is 1.00 bits per heavy atom. The average Bonchev–Trinajstić information content (AvgIpc) is 2.21. The Labute approximate surface area is 92.1 Å². The fourth-order valence-electron chi connectivity index (χ4n) is 1.35. The second-order valence-corrected chi connectivity index (χ2v) is 4.89. The molecular formula is C13H20S. The van der Waals surface area contributed by atoms with Crippen molar-refractivity contribution < 1.29 is 0 Å². The summed E-state index contributed by atoms with van der Waals surface area (Å²) in [6, 6.07) is 8.82. The first-order chi connectivity index (χ1) is 6.83. The number of unbranched alkanes of at least 4 members (excludes halogenated alkanes) is 3. The summed E-state index contributed by atoms with van der Waals surface area (Å²) in [6.07, 6.45) is 5.45. The highest BCUT2D eigenvalue weighted by atomic mass is 32.2. The highest BCUT2D eigenvalue weighted by Gasteiger charge is 1.93. The minimum atomic E-state index is 1.27. The molecule has 1 heteroatoms. The van der Waals surface area contributed by atoms with Crippen LogP contribution < -0.4 is 0 Å². The molecule has 1 rings (SSSR count). The fourth-order valence-corrected chi connectivity index (χ4v) is 2.27. The number of aryl methyl sites for hydroxylation is 1. The van der Waals surface area contributed by atoms with E-state index in [4.69, 9.17) is 0 Å². The summed E-state index contributed by atoms with van der Waals surface area (Å²) in [6.45, 7) is 4.39. The predicted octanol–water partition coefficient (Wildman–Crippen LogP) is 4.67. The predicted molar refractivity (Wildman–Crippen MR) is 66.0 cm³/mol. The second-order valence-electron chi connectivity index (χ2n) is 3.72. The number of hydrogen-bond acceptors (Lipinski definition) is 1. The maximum Gasteiger partial charge on any atom is 0.00721 e. The standard InChI is InChI=1S/C13H20S/c1-3-4-5-6-11-14-13-9-7-12(2)8-10-13/h7-10H,3-6,11H2,1-2H3. The van der Waals surface area contributed by atoms with Crippen LogP contribution in [0, 0.1) is 6.92 Å². The van der Waals surface area contributed by atoms with Gasteiger partial charge < -0.3 is 0 Å². The van der Waals surface area contributed by atoms with Crippen LogP contribution in [0.1, 0.15) is 38.2 Å². The molecule has 0 aliphatic heterocycles. The molecule has 0 unspecified atom stereocenters. The molecule has 0 radical (unpaired) electrons. The Kier molecular flexibility index (Phi) is 5.77. The van der Waals surface area contributed by atoms with Gasteiger partial charge in [0.05, 0.1) is 0 Å². The molecule has 0 amide bonds. The van der Waals surface area contributed by atoms with Crippen LogP contribution in [0.5, 0.6) is 0 Å². The van der Waals surface area contributed by atoms with Crippen LogP contribution in [-0.4, -0.2) is 5.75 Å². The Morgan fingerprint density at radius 3 is 2.36 bits per heavy atom. The van der Waals surface area contributed by atoms with Gasteiger partial charge in [0.2, 0.25) is 0 Å². The summed E-state index contributed by atoms with van der Waals surface area (Å²) in [5.41, 5.74) is 1.35. The summed E-state index contributed by atoms with van der Waals surface area (Å²) in [4.78, 5) is 1.41. The molecule has 0 N–H and O–H groups in total. The number of benzene rings is 1. The van der Waals surface area contributed by atoms with Gasteiger partial charge in [-0.3, -0.25) is 0 Å². The van der Waals surface area contributed by atoms with E-state index in [1.807, 2.05) is 11.8 Å². The monoisotopic (exact) mass is 208 g/mol. The van der Waals surface area contributed by atoms with Crippen LogP contribution in [0.15, 0.2) is 29.2 Å². The summed E-state index contributed by atoms with van der Waals surface area (Å²) in [7, 11) is 0. The third-order valence-electron chi connectivity index (χ3n) is 2.29. The zero-order valence-electron chi connectivity index (χ0n) is 9.25. The molecule has 0 aliphatic rings. The first kappa shape index (κ1) is 11.6. The molecule has 0 aliphatic carbocycles. The van der Waals surface area contributed by atoms with Gasteiger partial charge in [-0.2, -0.15) is 0 Å². The summed E-state index contributed by atoms with van der Waals surface area (Å²) >= 11 is 1.98. The van der Waals surface area contributed by atoms with Crippen molar-refractivity contribution in [3.8, 4) is 0 Å². The van der Waals surface area contributed by atoms with Gasteiger partial charge in [0, 0.05) is 4.90 Å². The van der Waals surface area contributed by atoms with Crippen molar-refractivity contribution in [1.82, 2.24) is 0 Å². The minimum Gasteiger partial charge on any atom is -0.126 e. The fraction of sp³-hybridized carbons (Fsp3) is 0.538. The normalized spacial score (nSPS) is 10.4. The molecule has 0 atom stereocenters. The molecule has 0 bridgehead atoms. The summed E-state index contributed by atoms with van der Waals surface area (Å²) < 4.78 is 0. The molecule has 14 heavy (non-hydrogen) atoms. The molecule has 0 aromatic heterocycles. The van der Waals surface area contributed by atoms with E-state index in [9.17, 15) is 0 Å². The molecule has 1 aromatic rings. The van der Waals surface area contributed by atoms with Gasteiger partial charge in [-0.05, 0) is 31.2 Å². The van der Waals surface area contributed by atoms with Crippen molar-refractivity contribution in [2.24, 2.45) is 0 Å². The topological polar surface area (TPSA) is 0 Å². The molecule has 1 aromatic carbocycles. The molecule has 0 fully saturated rings. The lowest BCUT2D eigenvalue weighted by Crippen LogP contribution is -1.81. The maximum atomic E-state index is 2.26. The first-order valence-electron chi connectivity index (χ1n) is 5.52. The van der Waals surface area contributed by atoms with Crippen LogP contribution in [0.3, 0.4) is 0 Å². The Bertz CT molecular complexity index is 238.